The van der Waals surface area contributed by atoms with Gasteiger partial charge in [0.05, 0.1) is 0 Å². The van der Waals surface area contributed by atoms with Crippen molar-refractivity contribution in [2.75, 3.05) is 32.4 Å². The number of carbonyl (C=O) groups excluding carboxylic acids is 1. The molecule has 0 radical (unpaired) electrons. The lowest BCUT2D eigenvalue weighted by atomic mass is 9.88. The van der Waals surface area contributed by atoms with E-state index in [-0.39, 0.29) is 5.91 Å². The van der Waals surface area contributed by atoms with Gasteiger partial charge >= 0.3 is 0 Å². The molecule has 2 N–H and O–H groups in total. The van der Waals surface area contributed by atoms with E-state index in [1.54, 1.807) is 11.1 Å². The zero-order valence-electron chi connectivity index (χ0n) is 15.6. The number of hydrogen-bond acceptors (Lipinski definition) is 5. The molecule has 0 saturated carbocycles. The van der Waals surface area contributed by atoms with Gasteiger partial charge in [0.15, 0.2) is 14.6 Å². The number of rotatable bonds is 3. The lowest BCUT2D eigenvalue weighted by Crippen LogP contribution is -2.59. The summed E-state index contributed by atoms with van der Waals surface area (Å²) >= 11 is 0. The van der Waals surface area contributed by atoms with Crippen LogP contribution in [0.2, 0.25) is 0 Å². The molecule has 4 rings (SSSR count). The molecule has 2 saturated heterocycles. The highest BCUT2D eigenvalue weighted by Gasteiger charge is 2.50. The second-order valence-corrected chi connectivity index (χ2v) is 10.1. The molecule has 2 fully saturated rings. The van der Waals surface area contributed by atoms with E-state index in [9.17, 15) is 13.2 Å². The van der Waals surface area contributed by atoms with E-state index >= 15 is 0 Å². The Hall–Kier alpha value is -1.93. The number of hydrogen-bond donors (Lipinski definition) is 2. The highest BCUT2D eigenvalue weighted by atomic mass is 32.2. The molecule has 7 nitrogen and oxygen atoms in total. The van der Waals surface area contributed by atoms with Crippen molar-refractivity contribution >= 4 is 26.8 Å². The van der Waals surface area contributed by atoms with E-state index < -0.39 is 14.6 Å². The van der Waals surface area contributed by atoms with Gasteiger partial charge in [-0.15, -0.1) is 0 Å². The Labute approximate surface area is 159 Å². The Bertz CT molecular complexity index is 939. The molecule has 146 valence electrons. The first-order chi connectivity index (χ1) is 12.9. The Kier molecular flexibility index (Phi) is 4.71. The Morgan fingerprint density at radius 1 is 1.26 bits per heavy atom. The van der Waals surface area contributed by atoms with Gasteiger partial charge < -0.3 is 15.2 Å². The Morgan fingerprint density at radius 2 is 1.96 bits per heavy atom. The Morgan fingerprint density at radius 3 is 2.63 bits per heavy atom. The summed E-state index contributed by atoms with van der Waals surface area (Å²) in [4.78, 5) is 22.6. The first-order valence-electron chi connectivity index (χ1n) is 9.54. The molecule has 4 heterocycles. The summed E-state index contributed by atoms with van der Waals surface area (Å²) < 4.78 is 23.8. The normalized spacial score (nSPS) is 21.4. The fraction of sp³-hybridized carbons (Fsp3) is 0.579. The molecule has 8 heteroatoms. The molecule has 0 aromatic carbocycles. The number of sulfone groups is 1. The molecular formula is C19H26N4O3S. The van der Waals surface area contributed by atoms with Crippen LogP contribution in [0.15, 0.2) is 24.5 Å². The summed E-state index contributed by atoms with van der Waals surface area (Å²) in [5, 5.41) is 4.30. The number of aromatic amines is 1. The van der Waals surface area contributed by atoms with Crippen LogP contribution < -0.4 is 5.32 Å². The summed E-state index contributed by atoms with van der Waals surface area (Å²) in [5.74, 6) is 0.153. The molecule has 2 aromatic rings. The summed E-state index contributed by atoms with van der Waals surface area (Å²) in [6, 6.07) is 4.00. The van der Waals surface area contributed by atoms with Gasteiger partial charge in [-0.3, -0.25) is 4.79 Å². The van der Waals surface area contributed by atoms with Crippen molar-refractivity contribution in [3.8, 4) is 0 Å². The fourth-order valence-electron chi connectivity index (χ4n) is 4.57. The van der Waals surface area contributed by atoms with Crippen molar-refractivity contribution < 1.29 is 13.2 Å². The van der Waals surface area contributed by atoms with Crippen molar-refractivity contribution in [3.05, 3.63) is 30.1 Å². The molecule has 0 aliphatic carbocycles. The average molecular weight is 391 g/mol. The van der Waals surface area contributed by atoms with Gasteiger partial charge in [0, 0.05) is 37.1 Å². The quantitative estimate of drug-likeness (QED) is 0.827. The molecule has 0 atom stereocenters. The molecule has 0 unspecified atom stereocenters. The van der Waals surface area contributed by atoms with Crippen LogP contribution in [-0.4, -0.2) is 66.4 Å². The highest BCUT2D eigenvalue weighted by molar-refractivity contribution is 7.92. The molecule has 0 spiro atoms. The SMILES string of the molecule is CS(=O)(=O)C1(C(=O)N2CCC(c3c[nH]c4ncccc34)CC2)CCNCC1. The predicted octanol–water partition coefficient (Wildman–Crippen LogP) is 1.44. The number of aromatic nitrogens is 2. The number of H-pyrrole nitrogens is 1. The number of piperidine rings is 2. The molecule has 0 bridgehead atoms. The standard InChI is InChI=1S/C19H26N4O3S/c1-27(25,26)19(6-9-20-10-7-19)18(24)23-11-4-14(5-12-23)16-13-22-17-15(16)3-2-8-21-17/h2-3,8,13-14,20H,4-7,9-12H2,1H3,(H,21,22). The molecule has 27 heavy (non-hydrogen) atoms. The summed E-state index contributed by atoms with van der Waals surface area (Å²) in [7, 11) is -3.47. The largest absolute Gasteiger partial charge is 0.346 e. The molecule has 2 aliphatic rings. The number of pyridine rings is 1. The van der Waals surface area contributed by atoms with Gasteiger partial charge in [-0.1, -0.05) is 0 Å². The van der Waals surface area contributed by atoms with Crippen molar-refractivity contribution in [2.45, 2.75) is 36.3 Å². The molecular weight excluding hydrogens is 364 g/mol. The van der Waals surface area contributed by atoms with E-state index in [0.29, 0.717) is 44.9 Å². The topological polar surface area (TPSA) is 95.2 Å². The zero-order chi connectivity index (χ0) is 19.1. The van der Waals surface area contributed by atoms with E-state index in [2.05, 4.69) is 21.4 Å². The second-order valence-electron chi connectivity index (χ2n) is 7.73. The van der Waals surface area contributed by atoms with E-state index in [1.807, 2.05) is 12.3 Å². The number of fused-ring (bicyclic) bond motifs is 1. The van der Waals surface area contributed by atoms with Gasteiger partial charge in [0.2, 0.25) is 5.91 Å². The van der Waals surface area contributed by atoms with Crippen molar-refractivity contribution in [2.24, 2.45) is 0 Å². The average Bonchev–Trinajstić information content (AvgIpc) is 3.11. The minimum absolute atomic E-state index is 0.203. The van der Waals surface area contributed by atoms with Gasteiger partial charge in [-0.05, 0) is 62.4 Å². The minimum atomic E-state index is -3.47. The maximum atomic E-state index is 13.2. The number of likely N-dealkylation sites (tertiary alicyclic amines) is 1. The third kappa shape index (κ3) is 3.14. The van der Waals surface area contributed by atoms with E-state index in [1.165, 1.54) is 11.8 Å². The molecule has 2 aromatic heterocycles. The first-order valence-corrected chi connectivity index (χ1v) is 11.4. The number of carbonyl (C=O) groups is 1. The highest BCUT2D eigenvalue weighted by Crippen LogP contribution is 2.35. The van der Waals surface area contributed by atoms with Crippen LogP contribution in [0, 0.1) is 0 Å². The van der Waals surface area contributed by atoms with Crippen LogP contribution in [0.3, 0.4) is 0 Å². The van der Waals surface area contributed by atoms with Crippen LogP contribution in [0.5, 0.6) is 0 Å². The van der Waals surface area contributed by atoms with E-state index in [0.717, 1.165) is 23.9 Å². The van der Waals surface area contributed by atoms with Crippen LogP contribution in [0.1, 0.15) is 37.2 Å². The Balaban J connectivity index is 1.51. The minimum Gasteiger partial charge on any atom is -0.346 e. The number of nitrogens with zero attached hydrogens (tertiary/aromatic N) is 2. The van der Waals surface area contributed by atoms with Gasteiger partial charge in [-0.25, -0.2) is 13.4 Å². The van der Waals surface area contributed by atoms with Crippen molar-refractivity contribution in [1.29, 1.82) is 0 Å². The zero-order valence-corrected chi connectivity index (χ0v) is 16.4. The third-order valence-corrected chi connectivity index (χ3v) is 8.22. The predicted molar refractivity (Wildman–Crippen MR) is 104 cm³/mol. The van der Waals surface area contributed by atoms with Crippen molar-refractivity contribution in [3.63, 3.8) is 0 Å². The van der Waals surface area contributed by atoms with Gasteiger partial charge in [0.25, 0.3) is 0 Å². The number of nitrogens with one attached hydrogen (secondary N) is 2. The second kappa shape index (κ2) is 6.91. The van der Waals surface area contributed by atoms with Gasteiger partial charge in [-0.2, -0.15) is 0 Å². The van der Waals surface area contributed by atoms with Gasteiger partial charge in [0.1, 0.15) is 5.65 Å². The van der Waals surface area contributed by atoms with Crippen LogP contribution in [-0.2, 0) is 14.6 Å². The van der Waals surface area contributed by atoms with Crippen LogP contribution in [0.25, 0.3) is 11.0 Å². The number of amides is 1. The maximum Gasteiger partial charge on any atom is 0.244 e. The van der Waals surface area contributed by atoms with Crippen LogP contribution in [0.4, 0.5) is 0 Å². The lowest BCUT2D eigenvalue weighted by Gasteiger charge is -2.41. The van der Waals surface area contributed by atoms with E-state index in [4.69, 9.17) is 0 Å². The van der Waals surface area contributed by atoms with Crippen LogP contribution >= 0.6 is 0 Å². The smallest absolute Gasteiger partial charge is 0.244 e. The van der Waals surface area contributed by atoms with Crippen molar-refractivity contribution in [1.82, 2.24) is 20.2 Å². The maximum absolute atomic E-state index is 13.2. The third-order valence-electron chi connectivity index (χ3n) is 6.22. The summed E-state index contributed by atoms with van der Waals surface area (Å²) in [5.41, 5.74) is 2.13. The molecule has 1 amide bonds. The first kappa shape index (κ1) is 18.4. The fourth-order valence-corrected chi connectivity index (χ4v) is 5.96. The summed E-state index contributed by atoms with van der Waals surface area (Å²) in [6.07, 6.45) is 7.40. The monoisotopic (exact) mass is 390 g/mol. The summed E-state index contributed by atoms with van der Waals surface area (Å²) in [6.45, 7) is 2.33. The lowest BCUT2D eigenvalue weighted by molar-refractivity contribution is -0.135. The molecule has 2 aliphatic heterocycles.